The predicted octanol–water partition coefficient (Wildman–Crippen LogP) is 3.78. The minimum absolute atomic E-state index is 0.0303. The molecule has 1 aromatic heterocycles. The van der Waals surface area contributed by atoms with E-state index in [2.05, 4.69) is 10.5 Å². The van der Waals surface area contributed by atoms with Crippen LogP contribution in [0.2, 0.25) is 0 Å². The van der Waals surface area contributed by atoms with Gasteiger partial charge in [-0.1, -0.05) is 24.3 Å². The number of ether oxygens (including phenoxy) is 2. The second-order valence-electron chi connectivity index (χ2n) is 5.97. The van der Waals surface area contributed by atoms with E-state index in [1.54, 1.807) is 42.5 Å². The Kier molecular flexibility index (Phi) is 6.78. The summed E-state index contributed by atoms with van der Waals surface area (Å²) in [6.45, 7) is 2.11. The van der Waals surface area contributed by atoms with Gasteiger partial charge >= 0.3 is 0 Å². The van der Waals surface area contributed by atoms with Crippen molar-refractivity contribution in [2.75, 3.05) is 13.2 Å². The molecule has 3 aromatic rings. The zero-order valence-electron chi connectivity index (χ0n) is 16.1. The summed E-state index contributed by atoms with van der Waals surface area (Å²) in [6, 6.07) is 16.5. The number of non-ortho nitro benzene ring substituents is 1. The number of benzene rings is 2. The van der Waals surface area contributed by atoms with E-state index in [0.717, 1.165) is 0 Å². The van der Waals surface area contributed by atoms with Crippen LogP contribution in [-0.2, 0) is 4.79 Å². The number of hydrazone groups is 1. The quantitative estimate of drug-likeness (QED) is 0.327. The number of nitrogens with one attached hydrogen (secondary N) is 1. The fourth-order valence-electron chi connectivity index (χ4n) is 2.54. The minimum Gasteiger partial charge on any atom is -0.490 e. The molecule has 1 heterocycles. The Hall–Kier alpha value is -4.14. The highest BCUT2D eigenvalue weighted by Gasteiger charge is 2.10. The zero-order valence-corrected chi connectivity index (χ0v) is 16.1. The zero-order chi connectivity index (χ0) is 21.3. The van der Waals surface area contributed by atoms with Gasteiger partial charge in [0.1, 0.15) is 11.5 Å². The lowest BCUT2D eigenvalue weighted by Crippen LogP contribution is -2.24. The number of carbonyl (C=O) groups excluding carboxylic acids is 1. The van der Waals surface area contributed by atoms with Gasteiger partial charge < -0.3 is 13.9 Å². The molecule has 0 aliphatic heterocycles. The van der Waals surface area contributed by atoms with E-state index in [-0.39, 0.29) is 12.3 Å². The second kappa shape index (κ2) is 9.87. The predicted molar refractivity (Wildman–Crippen MR) is 110 cm³/mol. The Bertz CT molecular complexity index is 1060. The first kappa shape index (κ1) is 20.6. The SMILES string of the molecule is CCOc1ccccc1OCC(=O)N/N=C\c1ccc(-c2cccc([N+](=O)[O-])c2)o1. The Labute approximate surface area is 172 Å². The largest absolute Gasteiger partial charge is 0.490 e. The molecule has 154 valence electrons. The lowest BCUT2D eigenvalue weighted by Gasteiger charge is -2.10. The molecule has 2 aromatic carbocycles. The van der Waals surface area contributed by atoms with E-state index in [1.165, 1.54) is 18.3 Å². The minimum atomic E-state index is -0.473. The van der Waals surface area contributed by atoms with Crippen molar-refractivity contribution in [3.63, 3.8) is 0 Å². The first-order chi connectivity index (χ1) is 14.6. The molecule has 3 rings (SSSR count). The number of para-hydroxylation sites is 2. The van der Waals surface area contributed by atoms with Gasteiger partial charge in [-0.05, 0) is 31.2 Å². The summed E-state index contributed by atoms with van der Waals surface area (Å²) < 4.78 is 16.5. The molecule has 0 fully saturated rings. The summed E-state index contributed by atoms with van der Waals surface area (Å²) in [5.74, 6) is 1.39. The van der Waals surface area contributed by atoms with Gasteiger partial charge in [0.2, 0.25) is 0 Å². The van der Waals surface area contributed by atoms with Gasteiger partial charge in [0.25, 0.3) is 11.6 Å². The molecule has 0 bridgehead atoms. The van der Waals surface area contributed by atoms with Crippen LogP contribution in [0.25, 0.3) is 11.3 Å². The number of nitro groups is 1. The molecule has 0 aliphatic carbocycles. The highest BCUT2D eigenvalue weighted by Crippen LogP contribution is 2.26. The van der Waals surface area contributed by atoms with Gasteiger partial charge in [0, 0.05) is 17.7 Å². The van der Waals surface area contributed by atoms with Crippen molar-refractivity contribution in [3.8, 4) is 22.8 Å². The molecule has 0 unspecified atom stereocenters. The van der Waals surface area contributed by atoms with Gasteiger partial charge in [-0.3, -0.25) is 14.9 Å². The van der Waals surface area contributed by atoms with Crippen LogP contribution in [0.3, 0.4) is 0 Å². The highest BCUT2D eigenvalue weighted by atomic mass is 16.6. The van der Waals surface area contributed by atoms with Crippen LogP contribution in [0.4, 0.5) is 5.69 Å². The van der Waals surface area contributed by atoms with Crippen molar-refractivity contribution < 1.29 is 23.6 Å². The van der Waals surface area contributed by atoms with Gasteiger partial charge in [-0.15, -0.1) is 0 Å². The van der Waals surface area contributed by atoms with E-state index in [0.29, 0.717) is 35.2 Å². The van der Waals surface area contributed by atoms with E-state index in [4.69, 9.17) is 13.9 Å². The summed E-state index contributed by atoms with van der Waals surface area (Å²) in [7, 11) is 0. The fourth-order valence-corrected chi connectivity index (χ4v) is 2.54. The normalized spacial score (nSPS) is 10.7. The molecule has 0 radical (unpaired) electrons. The van der Waals surface area contributed by atoms with E-state index >= 15 is 0 Å². The molecule has 0 saturated heterocycles. The number of nitrogens with zero attached hydrogens (tertiary/aromatic N) is 2. The van der Waals surface area contributed by atoms with Crippen LogP contribution in [0.5, 0.6) is 11.5 Å². The van der Waals surface area contributed by atoms with Crippen LogP contribution >= 0.6 is 0 Å². The van der Waals surface area contributed by atoms with Crippen LogP contribution in [0.15, 0.2) is 70.2 Å². The maximum atomic E-state index is 11.9. The van der Waals surface area contributed by atoms with Crippen LogP contribution < -0.4 is 14.9 Å². The summed E-state index contributed by atoms with van der Waals surface area (Å²) in [5, 5.41) is 14.7. The van der Waals surface area contributed by atoms with Crippen molar-refractivity contribution in [2.24, 2.45) is 5.10 Å². The Morgan fingerprint density at radius 1 is 1.13 bits per heavy atom. The van der Waals surface area contributed by atoms with Crippen molar-refractivity contribution in [1.29, 1.82) is 0 Å². The number of furan rings is 1. The molecular formula is C21H19N3O6. The van der Waals surface area contributed by atoms with Crippen molar-refractivity contribution in [3.05, 3.63) is 76.5 Å². The Balaban J connectivity index is 1.54. The standard InChI is InChI=1S/C21H19N3O6/c1-2-28-19-8-3-4-9-20(19)29-14-21(25)23-22-13-17-10-11-18(30-17)15-6-5-7-16(12-15)24(26)27/h3-13H,2,14H2,1H3,(H,23,25)/b22-13-. The molecule has 30 heavy (non-hydrogen) atoms. The summed E-state index contributed by atoms with van der Waals surface area (Å²) in [4.78, 5) is 22.3. The number of hydrogen-bond acceptors (Lipinski definition) is 7. The molecular weight excluding hydrogens is 390 g/mol. The molecule has 9 heteroatoms. The van der Waals surface area contributed by atoms with Gasteiger partial charge in [0.15, 0.2) is 18.1 Å². The molecule has 9 nitrogen and oxygen atoms in total. The monoisotopic (exact) mass is 409 g/mol. The van der Waals surface area contributed by atoms with Crippen molar-refractivity contribution >= 4 is 17.8 Å². The smallest absolute Gasteiger partial charge is 0.277 e. The maximum absolute atomic E-state index is 11.9. The molecule has 0 saturated carbocycles. The molecule has 1 amide bonds. The third-order valence-corrected chi connectivity index (χ3v) is 3.86. The highest BCUT2D eigenvalue weighted by molar-refractivity contribution is 5.81. The molecule has 0 spiro atoms. The van der Waals surface area contributed by atoms with Gasteiger partial charge in [-0.25, -0.2) is 5.43 Å². The average molecular weight is 409 g/mol. The van der Waals surface area contributed by atoms with Gasteiger partial charge in [-0.2, -0.15) is 5.10 Å². The van der Waals surface area contributed by atoms with E-state index < -0.39 is 10.8 Å². The summed E-state index contributed by atoms with van der Waals surface area (Å²) >= 11 is 0. The van der Waals surface area contributed by atoms with Crippen LogP contribution in [0.1, 0.15) is 12.7 Å². The first-order valence-corrected chi connectivity index (χ1v) is 9.08. The number of rotatable bonds is 9. The fraction of sp³-hybridized carbons (Fsp3) is 0.143. The third kappa shape index (κ3) is 5.44. The van der Waals surface area contributed by atoms with Gasteiger partial charge in [0.05, 0.1) is 17.7 Å². The number of hydrogen-bond donors (Lipinski definition) is 1. The van der Waals surface area contributed by atoms with E-state index in [1.807, 2.05) is 13.0 Å². The number of amides is 1. The Morgan fingerprint density at radius 3 is 2.63 bits per heavy atom. The molecule has 0 atom stereocenters. The molecule has 1 N–H and O–H groups in total. The van der Waals surface area contributed by atoms with Crippen molar-refractivity contribution in [2.45, 2.75) is 6.92 Å². The summed E-state index contributed by atoms with van der Waals surface area (Å²) in [5.41, 5.74) is 2.88. The topological polar surface area (TPSA) is 116 Å². The maximum Gasteiger partial charge on any atom is 0.277 e. The van der Waals surface area contributed by atoms with Crippen LogP contribution in [-0.4, -0.2) is 30.3 Å². The summed E-state index contributed by atoms with van der Waals surface area (Å²) in [6.07, 6.45) is 1.33. The molecule has 0 aliphatic rings. The average Bonchev–Trinajstić information content (AvgIpc) is 3.22. The second-order valence-corrected chi connectivity index (χ2v) is 5.97. The lowest BCUT2D eigenvalue weighted by atomic mass is 10.1. The first-order valence-electron chi connectivity index (χ1n) is 9.08. The van der Waals surface area contributed by atoms with Crippen LogP contribution in [0, 0.1) is 10.1 Å². The Morgan fingerprint density at radius 2 is 1.90 bits per heavy atom. The third-order valence-electron chi connectivity index (χ3n) is 3.86. The van der Waals surface area contributed by atoms with Crippen molar-refractivity contribution in [1.82, 2.24) is 5.43 Å². The number of carbonyl (C=O) groups is 1. The lowest BCUT2D eigenvalue weighted by molar-refractivity contribution is -0.384. The van der Waals surface area contributed by atoms with E-state index in [9.17, 15) is 14.9 Å². The number of nitro benzene ring substituents is 1.